The number of aromatic nitrogens is 2. The van der Waals surface area contributed by atoms with Crippen LogP contribution in [0.15, 0.2) is 48.7 Å². The van der Waals surface area contributed by atoms with Gasteiger partial charge in [0, 0.05) is 38.9 Å². The van der Waals surface area contributed by atoms with Gasteiger partial charge in [-0.25, -0.2) is 9.37 Å². The summed E-state index contributed by atoms with van der Waals surface area (Å²) in [4.78, 5) is 27.0. The molecule has 0 bridgehead atoms. The van der Waals surface area contributed by atoms with Crippen molar-refractivity contribution in [1.29, 1.82) is 0 Å². The summed E-state index contributed by atoms with van der Waals surface area (Å²) >= 11 is 1.41. The quantitative estimate of drug-likeness (QED) is 0.652. The van der Waals surface area contributed by atoms with E-state index in [-0.39, 0.29) is 11.7 Å². The van der Waals surface area contributed by atoms with Crippen LogP contribution in [0.2, 0.25) is 0 Å². The summed E-state index contributed by atoms with van der Waals surface area (Å²) in [5.41, 5.74) is 2.64. The predicted molar refractivity (Wildman–Crippen MR) is 112 cm³/mol. The van der Waals surface area contributed by atoms with Gasteiger partial charge in [0.2, 0.25) is 0 Å². The van der Waals surface area contributed by atoms with Crippen LogP contribution in [0, 0.1) is 12.7 Å². The van der Waals surface area contributed by atoms with Gasteiger partial charge in [0.1, 0.15) is 15.7 Å². The van der Waals surface area contributed by atoms with Crippen LogP contribution in [0.5, 0.6) is 0 Å². The zero-order valence-corrected chi connectivity index (χ0v) is 17.2. The fourth-order valence-corrected chi connectivity index (χ4v) is 4.53. The van der Waals surface area contributed by atoms with E-state index in [9.17, 15) is 9.18 Å². The molecule has 0 spiro atoms. The van der Waals surface area contributed by atoms with E-state index in [4.69, 9.17) is 0 Å². The van der Waals surface area contributed by atoms with E-state index < -0.39 is 0 Å². The van der Waals surface area contributed by atoms with E-state index in [1.54, 1.807) is 6.20 Å². The third-order valence-electron chi connectivity index (χ3n) is 5.07. The molecule has 0 atom stereocenters. The second-order valence-corrected chi connectivity index (χ2v) is 8.20. The molecule has 1 aromatic carbocycles. The maximum Gasteiger partial charge on any atom is 0.265 e. The van der Waals surface area contributed by atoms with Crippen LogP contribution >= 0.6 is 11.3 Å². The molecule has 1 aliphatic heterocycles. The van der Waals surface area contributed by atoms with E-state index in [1.165, 1.54) is 23.5 Å². The second-order valence-electron chi connectivity index (χ2n) is 7.20. The van der Waals surface area contributed by atoms with Crippen molar-refractivity contribution in [1.82, 2.24) is 19.8 Å². The Morgan fingerprint density at radius 1 is 1.10 bits per heavy atom. The molecule has 1 fully saturated rings. The van der Waals surface area contributed by atoms with Crippen molar-refractivity contribution in [3.8, 4) is 10.7 Å². The first-order valence-corrected chi connectivity index (χ1v) is 10.6. The van der Waals surface area contributed by atoms with Crippen LogP contribution < -0.4 is 0 Å². The molecule has 3 heterocycles. The van der Waals surface area contributed by atoms with E-state index >= 15 is 0 Å². The minimum Gasteiger partial charge on any atom is -0.337 e. The topological polar surface area (TPSA) is 49.3 Å². The molecule has 0 saturated carbocycles. The largest absolute Gasteiger partial charge is 0.337 e. The summed E-state index contributed by atoms with van der Waals surface area (Å²) in [5.74, 6) is -0.169. The summed E-state index contributed by atoms with van der Waals surface area (Å²) in [7, 11) is 0. The van der Waals surface area contributed by atoms with Crippen LogP contribution in [-0.2, 0) is 6.54 Å². The fraction of sp³-hybridized carbons (Fsp3) is 0.318. The van der Waals surface area contributed by atoms with Crippen molar-refractivity contribution in [2.75, 3.05) is 26.2 Å². The smallest absolute Gasteiger partial charge is 0.265 e. The highest BCUT2D eigenvalue weighted by molar-refractivity contribution is 7.17. The van der Waals surface area contributed by atoms with Crippen molar-refractivity contribution in [2.24, 2.45) is 0 Å². The van der Waals surface area contributed by atoms with Gasteiger partial charge in [0.05, 0.1) is 11.4 Å². The number of carbonyl (C=O) groups excluding carboxylic acids is 1. The minimum absolute atomic E-state index is 0.0470. The Bertz CT molecular complexity index is 974. The number of amides is 1. The van der Waals surface area contributed by atoms with Crippen LogP contribution in [0.1, 0.15) is 27.3 Å². The number of hydrogen-bond donors (Lipinski definition) is 0. The predicted octanol–water partition coefficient (Wildman–Crippen LogP) is 4.00. The van der Waals surface area contributed by atoms with Crippen molar-refractivity contribution in [3.05, 3.63) is 70.6 Å². The molecular weight excluding hydrogens is 387 g/mol. The first-order valence-electron chi connectivity index (χ1n) is 9.75. The Balaban J connectivity index is 1.42. The molecule has 3 aromatic rings. The lowest BCUT2D eigenvalue weighted by Crippen LogP contribution is -2.35. The highest BCUT2D eigenvalue weighted by Crippen LogP contribution is 2.27. The van der Waals surface area contributed by atoms with Gasteiger partial charge in [-0.1, -0.05) is 18.2 Å². The van der Waals surface area contributed by atoms with Gasteiger partial charge in [-0.3, -0.25) is 14.7 Å². The van der Waals surface area contributed by atoms with E-state index in [1.807, 2.05) is 42.2 Å². The lowest BCUT2D eigenvalue weighted by atomic mass is 10.2. The summed E-state index contributed by atoms with van der Waals surface area (Å²) in [6.07, 6.45) is 2.65. The van der Waals surface area contributed by atoms with Crippen molar-refractivity contribution in [2.45, 2.75) is 19.9 Å². The van der Waals surface area contributed by atoms with Crippen molar-refractivity contribution >= 4 is 17.2 Å². The minimum atomic E-state index is -0.216. The molecule has 4 rings (SSSR count). The monoisotopic (exact) mass is 410 g/mol. The maximum atomic E-state index is 13.1. The average Bonchev–Trinajstić information content (AvgIpc) is 2.98. The number of rotatable bonds is 4. The van der Waals surface area contributed by atoms with E-state index in [2.05, 4.69) is 14.9 Å². The Kier molecular flexibility index (Phi) is 5.97. The summed E-state index contributed by atoms with van der Waals surface area (Å²) in [6, 6.07) is 12.3. The van der Waals surface area contributed by atoms with Crippen LogP contribution in [-0.4, -0.2) is 51.9 Å². The van der Waals surface area contributed by atoms with Crippen LogP contribution in [0.4, 0.5) is 4.39 Å². The molecule has 0 N–H and O–H groups in total. The zero-order chi connectivity index (χ0) is 20.2. The Labute approximate surface area is 173 Å². The molecule has 1 amide bonds. The van der Waals surface area contributed by atoms with Gasteiger partial charge in [-0.15, -0.1) is 11.3 Å². The fourth-order valence-electron chi connectivity index (χ4n) is 3.52. The average molecular weight is 411 g/mol. The van der Waals surface area contributed by atoms with E-state index in [0.29, 0.717) is 11.4 Å². The number of benzene rings is 1. The third-order valence-corrected chi connectivity index (χ3v) is 6.24. The lowest BCUT2D eigenvalue weighted by Gasteiger charge is -2.21. The SMILES string of the molecule is Cc1nc(-c2ccccn2)sc1C(=O)N1CCCN(Cc2ccc(F)cc2)CC1. The first kappa shape index (κ1) is 19.7. The molecule has 1 saturated heterocycles. The highest BCUT2D eigenvalue weighted by atomic mass is 32.1. The summed E-state index contributed by atoms with van der Waals surface area (Å²) in [5, 5.41) is 0.777. The van der Waals surface area contributed by atoms with Gasteiger partial charge in [0.15, 0.2) is 0 Å². The number of aryl methyl sites for hydroxylation is 1. The standard InChI is InChI=1S/C22H23FN4OS/c1-16-20(29-21(25-16)19-5-2-3-10-24-19)22(28)27-12-4-11-26(13-14-27)15-17-6-8-18(23)9-7-17/h2-3,5-10H,4,11-15H2,1H3. The van der Waals surface area contributed by atoms with Gasteiger partial charge in [-0.2, -0.15) is 0 Å². The highest BCUT2D eigenvalue weighted by Gasteiger charge is 2.24. The molecule has 0 radical (unpaired) electrons. The number of carbonyl (C=O) groups is 1. The number of hydrogen-bond acceptors (Lipinski definition) is 5. The number of nitrogens with zero attached hydrogens (tertiary/aromatic N) is 4. The Hall–Kier alpha value is -2.64. The lowest BCUT2D eigenvalue weighted by molar-refractivity contribution is 0.0765. The van der Waals surface area contributed by atoms with Crippen molar-refractivity contribution in [3.63, 3.8) is 0 Å². The zero-order valence-electron chi connectivity index (χ0n) is 16.3. The van der Waals surface area contributed by atoms with Gasteiger partial charge in [0.25, 0.3) is 5.91 Å². The molecule has 2 aromatic heterocycles. The molecule has 150 valence electrons. The van der Waals surface area contributed by atoms with Crippen LogP contribution in [0.3, 0.4) is 0 Å². The summed E-state index contributed by atoms with van der Waals surface area (Å²) in [6.45, 7) is 5.78. The number of pyridine rings is 1. The molecule has 7 heteroatoms. The van der Waals surface area contributed by atoms with Gasteiger partial charge < -0.3 is 4.90 Å². The van der Waals surface area contributed by atoms with Gasteiger partial charge in [-0.05, 0) is 43.2 Å². The second kappa shape index (κ2) is 8.80. The maximum absolute atomic E-state index is 13.1. The van der Waals surface area contributed by atoms with Crippen molar-refractivity contribution < 1.29 is 9.18 Å². The summed E-state index contributed by atoms with van der Waals surface area (Å²) < 4.78 is 13.1. The van der Waals surface area contributed by atoms with Gasteiger partial charge >= 0.3 is 0 Å². The Morgan fingerprint density at radius 3 is 2.69 bits per heavy atom. The molecular formula is C22H23FN4OS. The Morgan fingerprint density at radius 2 is 1.93 bits per heavy atom. The number of thiazole rings is 1. The molecule has 1 aliphatic rings. The third kappa shape index (κ3) is 4.68. The molecule has 0 unspecified atom stereocenters. The first-order chi connectivity index (χ1) is 14.1. The van der Waals surface area contributed by atoms with E-state index in [0.717, 1.165) is 54.6 Å². The van der Waals surface area contributed by atoms with Crippen LogP contribution in [0.25, 0.3) is 10.7 Å². The molecule has 5 nitrogen and oxygen atoms in total. The molecule has 29 heavy (non-hydrogen) atoms. The normalized spacial score (nSPS) is 15.3. The number of halogens is 1. The molecule has 0 aliphatic carbocycles.